The molecule has 0 fully saturated rings. The highest BCUT2D eigenvalue weighted by molar-refractivity contribution is 6.32. The van der Waals surface area contributed by atoms with Crippen molar-refractivity contribution < 1.29 is 5.11 Å². The van der Waals surface area contributed by atoms with Crippen molar-refractivity contribution in [2.45, 2.75) is 89.7 Å². The van der Waals surface area contributed by atoms with Gasteiger partial charge in [0.1, 0.15) is 0 Å². The highest BCUT2D eigenvalue weighted by atomic mass is 35.5. The largest absolute Gasteiger partial charge is 0.386 e. The maximum Gasteiger partial charge on any atom is 0.0989 e. The van der Waals surface area contributed by atoms with Crippen LogP contribution in [0.4, 0.5) is 0 Å². The molecule has 0 saturated heterocycles. The fourth-order valence-electron chi connectivity index (χ4n) is 3.99. The lowest BCUT2D eigenvalue weighted by atomic mass is 9.78. The predicted octanol–water partition coefficient (Wildman–Crippen LogP) is 7.16. The topological polar surface area (TPSA) is 46.2 Å². The molecule has 0 heterocycles. The fourth-order valence-corrected chi connectivity index (χ4v) is 4.26. The van der Waals surface area contributed by atoms with Crippen LogP contribution in [0, 0.1) is 0 Å². The summed E-state index contributed by atoms with van der Waals surface area (Å²) in [5, 5.41) is 14.1. The SMILES string of the molecule is CCCCCCC(N)(CCCCCC)C(O)c1c(Cl)ccc2ccccc12. The Labute approximate surface area is 170 Å². The number of aliphatic hydroxyl groups is 1. The number of benzene rings is 2. The van der Waals surface area contributed by atoms with Gasteiger partial charge in [0.25, 0.3) is 0 Å². The predicted molar refractivity (Wildman–Crippen MR) is 118 cm³/mol. The first-order valence-corrected chi connectivity index (χ1v) is 11.1. The van der Waals surface area contributed by atoms with Gasteiger partial charge in [-0.1, -0.05) is 107 Å². The van der Waals surface area contributed by atoms with Gasteiger partial charge in [-0.15, -0.1) is 0 Å². The number of unbranched alkanes of at least 4 members (excludes halogenated alkanes) is 6. The average Bonchev–Trinajstić information content (AvgIpc) is 2.68. The van der Waals surface area contributed by atoms with E-state index in [1.165, 1.54) is 38.5 Å². The van der Waals surface area contributed by atoms with Gasteiger partial charge in [0.2, 0.25) is 0 Å². The first-order valence-electron chi connectivity index (χ1n) is 10.7. The highest BCUT2D eigenvalue weighted by Crippen LogP contribution is 2.40. The second kappa shape index (κ2) is 11.0. The molecule has 0 aliphatic carbocycles. The van der Waals surface area contributed by atoms with Gasteiger partial charge in [-0.25, -0.2) is 0 Å². The van der Waals surface area contributed by atoms with Gasteiger partial charge in [0, 0.05) is 16.1 Å². The lowest BCUT2D eigenvalue weighted by Gasteiger charge is -2.36. The first-order chi connectivity index (χ1) is 13.0. The summed E-state index contributed by atoms with van der Waals surface area (Å²) in [6.07, 6.45) is 10.2. The Bertz CT molecular complexity index is 688. The summed E-state index contributed by atoms with van der Waals surface area (Å²) in [5.41, 5.74) is 7.05. The monoisotopic (exact) mass is 389 g/mol. The molecule has 1 atom stereocenters. The second-order valence-electron chi connectivity index (χ2n) is 7.94. The minimum absolute atomic E-state index is 0.609. The van der Waals surface area contributed by atoms with Crippen LogP contribution in [-0.4, -0.2) is 10.6 Å². The van der Waals surface area contributed by atoms with Crippen LogP contribution in [0.25, 0.3) is 10.8 Å². The summed E-state index contributed by atoms with van der Waals surface area (Å²) in [4.78, 5) is 0. The normalized spacial score (nSPS) is 13.2. The number of halogens is 1. The molecule has 0 saturated carbocycles. The van der Waals surface area contributed by atoms with E-state index in [1.807, 2.05) is 30.3 Å². The zero-order valence-electron chi connectivity index (χ0n) is 17.0. The zero-order valence-corrected chi connectivity index (χ0v) is 17.8. The van der Waals surface area contributed by atoms with Crippen LogP contribution in [-0.2, 0) is 0 Å². The van der Waals surface area contributed by atoms with Crippen LogP contribution in [0.15, 0.2) is 36.4 Å². The molecule has 0 amide bonds. The molecule has 27 heavy (non-hydrogen) atoms. The Morgan fingerprint density at radius 3 is 2.07 bits per heavy atom. The Kier molecular flexibility index (Phi) is 9.08. The minimum atomic E-state index is -0.751. The molecule has 150 valence electrons. The van der Waals surface area contributed by atoms with Gasteiger partial charge in [-0.3, -0.25) is 0 Å². The van der Waals surface area contributed by atoms with Crippen molar-refractivity contribution in [2.24, 2.45) is 5.73 Å². The van der Waals surface area contributed by atoms with Crippen molar-refractivity contribution in [1.82, 2.24) is 0 Å². The molecule has 1 unspecified atom stereocenters. The number of nitrogens with two attached hydrogens (primary N) is 1. The number of fused-ring (bicyclic) bond motifs is 1. The van der Waals surface area contributed by atoms with E-state index in [1.54, 1.807) is 0 Å². The van der Waals surface area contributed by atoms with E-state index in [9.17, 15) is 5.11 Å². The molecule has 0 bridgehead atoms. The number of rotatable bonds is 12. The van der Waals surface area contributed by atoms with E-state index in [2.05, 4.69) is 19.9 Å². The molecule has 0 aliphatic rings. The Hall–Kier alpha value is -1.09. The number of hydrogen-bond donors (Lipinski definition) is 2. The lowest BCUT2D eigenvalue weighted by Crippen LogP contribution is -2.46. The van der Waals surface area contributed by atoms with Crippen LogP contribution in [0.5, 0.6) is 0 Å². The van der Waals surface area contributed by atoms with Crippen LogP contribution >= 0.6 is 11.6 Å². The summed E-state index contributed by atoms with van der Waals surface area (Å²) >= 11 is 6.56. The van der Waals surface area contributed by atoms with Crippen molar-refractivity contribution in [1.29, 1.82) is 0 Å². The molecular weight excluding hydrogens is 354 g/mol. The molecule has 0 aromatic heterocycles. The van der Waals surface area contributed by atoms with Gasteiger partial charge < -0.3 is 10.8 Å². The van der Waals surface area contributed by atoms with Crippen molar-refractivity contribution in [3.63, 3.8) is 0 Å². The van der Waals surface area contributed by atoms with Gasteiger partial charge in [-0.2, -0.15) is 0 Å². The fraction of sp³-hybridized carbons (Fsp3) is 0.583. The minimum Gasteiger partial charge on any atom is -0.386 e. The summed E-state index contributed by atoms with van der Waals surface area (Å²) < 4.78 is 0. The summed E-state index contributed by atoms with van der Waals surface area (Å²) in [6.45, 7) is 4.43. The number of hydrogen-bond acceptors (Lipinski definition) is 2. The third-order valence-electron chi connectivity index (χ3n) is 5.73. The molecule has 3 N–H and O–H groups in total. The average molecular weight is 390 g/mol. The van der Waals surface area contributed by atoms with Crippen molar-refractivity contribution >= 4 is 22.4 Å². The molecule has 2 rings (SSSR count). The maximum absolute atomic E-state index is 11.4. The van der Waals surface area contributed by atoms with Gasteiger partial charge in [0.15, 0.2) is 0 Å². The Morgan fingerprint density at radius 1 is 0.889 bits per heavy atom. The first kappa shape index (κ1) is 22.2. The van der Waals surface area contributed by atoms with Crippen molar-refractivity contribution in [3.05, 3.63) is 47.0 Å². The van der Waals surface area contributed by atoms with E-state index < -0.39 is 11.6 Å². The zero-order chi connectivity index (χ0) is 19.7. The molecule has 2 aromatic carbocycles. The van der Waals surface area contributed by atoms with Gasteiger partial charge >= 0.3 is 0 Å². The van der Waals surface area contributed by atoms with E-state index in [-0.39, 0.29) is 0 Å². The molecule has 0 spiro atoms. The smallest absolute Gasteiger partial charge is 0.0989 e. The Morgan fingerprint density at radius 2 is 1.48 bits per heavy atom. The third kappa shape index (κ3) is 5.94. The van der Waals surface area contributed by atoms with Crippen LogP contribution in [0.2, 0.25) is 5.02 Å². The summed E-state index contributed by atoms with van der Waals surface area (Å²) in [5.74, 6) is 0. The summed E-state index contributed by atoms with van der Waals surface area (Å²) in [7, 11) is 0. The van der Waals surface area contributed by atoms with Crippen LogP contribution < -0.4 is 5.73 Å². The Balaban J connectivity index is 2.29. The molecule has 2 aromatic rings. The van der Waals surface area contributed by atoms with E-state index in [0.717, 1.165) is 42.0 Å². The third-order valence-corrected chi connectivity index (χ3v) is 6.06. The highest BCUT2D eigenvalue weighted by Gasteiger charge is 2.35. The maximum atomic E-state index is 11.4. The second-order valence-corrected chi connectivity index (χ2v) is 8.35. The molecular formula is C24H36ClNO. The van der Waals surface area contributed by atoms with Crippen molar-refractivity contribution in [2.75, 3.05) is 0 Å². The number of aliphatic hydroxyl groups excluding tert-OH is 1. The van der Waals surface area contributed by atoms with Gasteiger partial charge in [0.05, 0.1) is 6.10 Å². The molecule has 0 aliphatic heterocycles. The van der Waals surface area contributed by atoms with Crippen LogP contribution in [0.3, 0.4) is 0 Å². The van der Waals surface area contributed by atoms with Gasteiger partial charge in [-0.05, 0) is 29.7 Å². The van der Waals surface area contributed by atoms with E-state index in [4.69, 9.17) is 17.3 Å². The van der Waals surface area contributed by atoms with Crippen LogP contribution in [0.1, 0.15) is 89.7 Å². The molecule has 2 nitrogen and oxygen atoms in total. The molecule has 3 heteroatoms. The summed E-state index contributed by atoms with van der Waals surface area (Å²) in [6, 6.07) is 12.0. The standard InChI is InChI=1S/C24H36ClNO/c1-3-5-7-11-17-24(26,18-12-8-6-4-2)23(27)22-20-14-10-9-13-19(20)15-16-21(22)25/h9-10,13-16,23,27H,3-8,11-12,17-18,26H2,1-2H3. The van der Waals surface area contributed by atoms with Crippen molar-refractivity contribution in [3.8, 4) is 0 Å². The van der Waals surface area contributed by atoms with E-state index >= 15 is 0 Å². The molecule has 0 radical (unpaired) electrons. The van der Waals surface area contributed by atoms with E-state index in [0.29, 0.717) is 5.02 Å². The lowest BCUT2D eigenvalue weighted by molar-refractivity contribution is 0.0694. The quantitative estimate of drug-likeness (QED) is 0.378.